The number of benzene rings is 1. The number of methoxy groups -OCH3 is 1. The van der Waals surface area contributed by atoms with Crippen LogP contribution in [-0.2, 0) is 0 Å². The van der Waals surface area contributed by atoms with Gasteiger partial charge in [-0.25, -0.2) is 0 Å². The van der Waals surface area contributed by atoms with Crippen LogP contribution in [0.2, 0.25) is 0 Å². The van der Waals surface area contributed by atoms with Gasteiger partial charge in [0.05, 0.1) is 7.11 Å². The van der Waals surface area contributed by atoms with E-state index in [1.54, 1.807) is 0 Å². The van der Waals surface area contributed by atoms with Crippen LogP contribution in [0.4, 0.5) is 0 Å². The summed E-state index contributed by atoms with van der Waals surface area (Å²) in [4.78, 5) is 42.7. The molecule has 0 bridgehead atoms. The molecule has 1 aromatic carbocycles. The molecular weight excluding hydrogens is 164 g/mol. The molecule has 0 N–H and O–H groups in total. The second-order valence-corrected chi connectivity index (χ2v) is 2.06. The summed E-state index contributed by atoms with van der Waals surface area (Å²) >= 11 is 0. The summed E-state index contributed by atoms with van der Waals surface area (Å²) in [6, 6.07) is 0.714. The zero-order valence-electron chi connectivity index (χ0n) is 6.12. The van der Waals surface area contributed by atoms with Crippen molar-refractivity contribution < 1.29 is 4.74 Å². The Morgan fingerprint density at radius 1 is 1.00 bits per heavy atom. The Kier molecular flexibility index (Phi) is 1.86. The van der Waals surface area contributed by atoms with E-state index < -0.39 is 21.7 Å². The lowest BCUT2D eigenvalue weighted by Crippen LogP contribution is -2.46. The van der Waals surface area contributed by atoms with E-state index in [2.05, 4.69) is 4.74 Å². The summed E-state index contributed by atoms with van der Waals surface area (Å²) in [6.45, 7) is 0. The lowest BCUT2D eigenvalue weighted by atomic mass is 10.3. The summed E-state index contributed by atoms with van der Waals surface area (Å²) in [6.07, 6.45) is 0. The standard InChI is InChI=1S/C7H4O5/c1-12-4-2-3(8)5(9)7(11)6(4)10/h2H,1H3. The van der Waals surface area contributed by atoms with Crippen molar-refractivity contribution >= 4 is 0 Å². The number of hydrogen-bond acceptors (Lipinski definition) is 5. The molecule has 0 atom stereocenters. The first-order valence-electron chi connectivity index (χ1n) is 3.01. The van der Waals surface area contributed by atoms with Gasteiger partial charge in [-0.3, -0.25) is 19.2 Å². The van der Waals surface area contributed by atoms with Gasteiger partial charge in [-0.05, 0) is 0 Å². The number of rotatable bonds is 1. The van der Waals surface area contributed by atoms with Crippen LogP contribution in [0.25, 0.3) is 0 Å². The molecule has 0 aliphatic rings. The molecule has 0 heterocycles. The fourth-order valence-corrected chi connectivity index (χ4v) is 0.729. The average Bonchev–Trinajstić information content (AvgIpc) is 2.08. The zero-order valence-corrected chi connectivity index (χ0v) is 6.12. The van der Waals surface area contributed by atoms with Gasteiger partial charge in [0.25, 0.3) is 16.3 Å². The Balaban J connectivity index is 3.87. The van der Waals surface area contributed by atoms with Gasteiger partial charge in [0.2, 0.25) is 5.43 Å². The molecule has 0 saturated heterocycles. The molecule has 0 aromatic heterocycles. The smallest absolute Gasteiger partial charge is 0.280 e. The van der Waals surface area contributed by atoms with Crippen molar-refractivity contribution in [3.8, 4) is 5.75 Å². The third-order valence-electron chi connectivity index (χ3n) is 1.34. The van der Waals surface area contributed by atoms with Gasteiger partial charge in [-0.2, -0.15) is 0 Å². The van der Waals surface area contributed by atoms with Gasteiger partial charge in [-0.1, -0.05) is 0 Å². The first kappa shape index (κ1) is 8.32. The van der Waals surface area contributed by atoms with Crippen LogP contribution in [-0.4, -0.2) is 7.11 Å². The molecule has 0 aliphatic carbocycles. The molecule has 5 heteroatoms. The van der Waals surface area contributed by atoms with Gasteiger partial charge < -0.3 is 4.74 Å². The summed E-state index contributed by atoms with van der Waals surface area (Å²) in [7, 11) is 1.14. The van der Waals surface area contributed by atoms with Crippen LogP contribution >= 0.6 is 0 Å². The second kappa shape index (κ2) is 2.69. The van der Waals surface area contributed by atoms with Crippen LogP contribution in [0.3, 0.4) is 0 Å². The van der Waals surface area contributed by atoms with E-state index in [1.807, 2.05) is 0 Å². The molecule has 0 saturated carbocycles. The summed E-state index contributed by atoms with van der Waals surface area (Å²) in [5, 5.41) is 0. The van der Waals surface area contributed by atoms with Gasteiger partial charge >= 0.3 is 0 Å². The third-order valence-corrected chi connectivity index (χ3v) is 1.34. The van der Waals surface area contributed by atoms with E-state index in [-0.39, 0.29) is 5.75 Å². The Hall–Kier alpha value is -1.78. The minimum Gasteiger partial charge on any atom is -0.492 e. The topological polar surface area (TPSA) is 77.5 Å². The van der Waals surface area contributed by atoms with Crippen LogP contribution in [0, 0.1) is 0 Å². The van der Waals surface area contributed by atoms with E-state index in [0.29, 0.717) is 6.07 Å². The van der Waals surface area contributed by atoms with E-state index in [9.17, 15) is 19.2 Å². The summed E-state index contributed by atoms with van der Waals surface area (Å²) in [5.41, 5.74) is -4.72. The first-order chi connectivity index (χ1) is 5.57. The van der Waals surface area contributed by atoms with Gasteiger partial charge in [0.15, 0.2) is 5.75 Å². The zero-order chi connectivity index (χ0) is 9.30. The lowest BCUT2D eigenvalue weighted by molar-refractivity contribution is 0.409. The summed E-state index contributed by atoms with van der Waals surface area (Å²) in [5.74, 6) is -0.385. The van der Waals surface area contributed by atoms with E-state index in [4.69, 9.17) is 0 Å². The SMILES string of the molecule is COc1cc(=O)c(=O)c(=O)c1=O. The molecule has 62 valence electrons. The highest BCUT2D eigenvalue weighted by molar-refractivity contribution is 5.21. The van der Waals surface area contributed by atoms with Crippen molar-refractivity contribution in [3.05, 3.63) is 47.0 Å². The Morgan fingerprint density at radius 3 is 2.08 bits per heavy atom. The van der Waals surface area contributed by atoms with Crippen molar-refractivity contribution in [3.63, 3.8) is 0 Å². The fourth-order valence-electron chi connectivity index (χ4n) is 0.729. The maximum absolute atomic E-state index is 10.8. The van der Waals surface area contributed by atoms with E-state index in [0.717, 1.165) is 7.11 Å². The lowest BCUT2D eigenvalue weighted by Gasteiger charge is -1.91. The monoisotopic (exact) mass is 168 g/mol. The first-order valence-corrected chi connectivity index (χ1v) is 3.01. The molecule has 1 rings (SSSR count). The maximum atomic E-state index is 10.8. The molecule has 12 heavy (non-hydrogen) atoms. The normalized spacial score (nSPS) is 9.75. The summed E-state index contributed by atoms with van der Waals surface area (Å²) < 4.78 is 4.41. The quantitative estimate of drug-likeness (QED) is 0.454. The predicted molar refractivity (Wildman–Crippen MR) is 40.4 cm³/mol. The largest absolute Gasteiger partial charge is 0.492 e. The van der Waals surface area contributed by atoms with Crippen LogP contribution in [0.5, 0.6) is 5.75 Å². The fraction of sp³-hybridized carbons (Fsp3) is 0.143. The molecule has 0 aliphatic heterocycles. The van der Waals surface area contributed by atoms with Gasteiger partial charge in [0.1, 0.15) is 0 Å². The highest BCUT2D eigenvalue weighted by atomic mass is 16.5. The van der Waals surface area contributed by atoms with Crippen LogP contribution < -0.4 is 26.5 Å². The number of hydrogen-bond donors (Lipinski definition) is 0. The van der Waals surface area contributed by atoms with Crippen molar-refractivity contribution in [2.75, 3.05) is 7.11 Å². The minimum atomic E-state index is -1.33. The van der Waals surface area contributed by atoms with Crippen LogP contribution in [0.1, 0.15) is 0 Å². The highest BCUT2D eigenvalue weighted by Crippen LogP contribution is 1.90. The molecule has 0 radical (unpaired) electrons. The van der Waals surface area contributed by atoms with Crippen molar-refractivity contribution in [2.45, 2.75) is 0 Å². The Morgan fingerprint density at radius 2 is 1.58 bits per heavy atom. The van der Waals surface area contributed by atoms with Gasteiger partial charge in [0, 0.05) is 6.07 Å². The Labute approximate surface area is 65.6 Å². The molecular formula is C7H4O5. The minimum absolute atomic E-state index is 0.385. The second-order valence-electron chi connectivity index (χ2n) is 2.06. The van der Waals surface area contributed by atoms with E-state index in [1.165, 1.54) is 0 Å². The Bertz CT molecular complexity index is 492. The molecule has 0 spiro atoms. The third kappa shape index (κ3) is 1.05. The predicted octanol–water partition coefficient (Wildman–Crippen LogP) is -1.99. The highest BCUT2D eigenvalue weighted by Gasteiger charge is 2.09. The van der Waals surface area contributed by atoms with E-state index >= 15 is 0 Å². The van der Waals surface area contributed by atoms with Crippen LogP contribution in [0.15, 0.2) is 25.2 Å². The molecule has 1 aromatic rings. The van der Waals surface area contributed by atoms with Crippen molar-refractivity contribution in [1.29, 1.82) is 0 Å². The van der Waals surface area contributed by atoms with Gasteiger partial charge in [-0.15, -0.1) is 0 Å². The molecule has 0 amide bonds. The van der Waals surface area contributed by atoms with Crippen molar-refractivity contribution in [2.24, 2.45) is 0 Å². The van der Waals surface area contributed by atoms with Crippen molar-refractivity contribution in [1.82, 2.24) is 0 Å². The molecule has 5 nitrogen and oxygen atoms in total. The molecule has 0 unspecified atom stereocenters. The maximum Gasteiger partial charge on any atom is 0.280 e. The molecule has 0 fully saturated rings. The average molecular weight is 168 g/mol. The number of ether oxygens (including phenoxy) is 1.